The monoisotopic (exact) mass is 238 g/mol. The SMILES string of the molecule is ICCC[N+]12CC[C@H]1C2. The van der Waals surface area contributed by atoms with Gasteiger partial charge in [0.25, 0.3) is 0 Å². The molecule has 0 saturated carbocycles. The van der Waals surface area contributed by atoms with E-state index in [1.165, 1.54) is 41.4 Å². The standard InChI is InChI=1S/C7H13IN/c8-3-1-4-9-5-2-7(9)6-9/h7H,1-6H2/q+1/t7-,9?/m0/s1. The summed E-state index contributed by atoms with van der Waals surface area (Å²) in [4.78, 5) is 0. The summed E-state index contributed by atoms with van der Waals surface area (Å²) in [5, 5.41) is 0. The van der Waals surface area contributed by atoms with Crippen molar-refractivity contribution in [3.05, 3.63) is 0 Å². The van der Waals surface area contributed by atoms with E-state index in [2.05, 4.69) is 22.6 Å². The fourth-order valence-electron chi connectivity index (χ4n) is 1.99. The Morgan fingerprint density at radius 1 is 1.56 bits per heavy atom. The van der Waals surface area contributed by atoms with Gasteiger partial charge in [0.2, 0.25) is 0 Å². The van der Waals surface area contributed by atoms with Crippen molar-refractivity contribution in [3.63, 3.8) is 0 Å². The summed E-state index contributed by atoms with van der Waals surface area (Å²) in [6.07, 6.45) is 2.97. The van der Waals surface area contributed by atoms with Gasteiger partial charge in [-0.25, -0.2) is 0 Å². The van der Waals surface area contributed by atoms with Gasteiger partial charge in [-0.3, -0.25) is 0 Å². The first kappa shape index (κ1) is 6.40. The zero-order valence-electron chi connectivity index (χ0n) is 5.65. The minimum Gasteiger partial charge on any atom is -0.311 e. The molecule has 0 aromatic heterocycles. The fraction of sp³-hybridized carbons (Fsp3) is 1.00. The lowest BCUT2D eigenvalue weighted by atomic mass is 10.2. The van der Waals surface area contributed by atoms with Gasteiger partial charge in [-0.1, -0.05) is 22.6 Å². The summed E-state index contributed by atoms with van der Waals surface area (Å²) in [5.74, 6) is 0. The van der Waals surface area contributed by atoms with Crippen molar-refractivity contribution < 1.29 is 4.48 Å². The summed E-state index contributed by atoms with van der Waals surface area (Å²) in [6, 6.07) is 1.13. The van der Waals surface area contributed by atoms with Crippen molar-refractivity contribution in [1.29, 1.82) is 0 Å². The second-order valence-corrected chi connectivity index (χ2v) is 4.41. The van der Waals surface area contributed by atoms with Crippen LogP contribution in [0.5, 0.6) is 0 Å². The molecule has 2 saturated heterocycles. The van der Waals surface area contributed by atoms with E-state index in [0.717, 1.165) is 6.04 Å². The summed E-state index contributed by atoms with van der Waals surface area (Å²) < 4.78 is 2.87. The van der Waals surface area contributed by atoms with Gasteiger partial charge in [0.05, 0.1) is 19.5 Å². The van der Waals surface area contributed by atoms with Gasteiger partial charge in [-0.2, -0.15) is 0 Å². The summed E-state index contributed by atoms with van der Waals surface area (Å²) in [5.41, 5.74) is 0. The number of fused-ring (bicyclic) bond motifs is 1. The van der Waals surface area contributed by atoms with E-state index in [-0.39, 0.29) is 0 Å². The van der Waals surface area contributed by atoms with Crippen molar-refractivity contribution in [2.75, 3.05) is 24.1 Å². The average molecular weight is 238 g/mol. The molecule has 2 aliphatic rings. The van der Waals surface area contributed by atoms with Crippen LogP contribution in [0.1, 0.15) is 12.8 Å². The molecule has 0 aromatic rings. The lowest BCUT2D eigenvalue weighted by molar-refractivity contribution is -0.847. The van der Waals surface area contributed by atoms with Crippen molar-refractivity contribution in [1.82, 2.24) is 0 Å². The molecule has 0 aromatic carbocycles. The van der Waals surface area contributed by atoms with Gasteiger partial charge in [-0.15, -0.1) is 0 Å². The number of hydrogen-bond acceptors (Lipinski definition) is 0. The second-order valence-electron chi connectivity index (χ2n) is 3.33. The first-order chi connectivity index (χ1) is 4.37. The molecule has 2 atom stereocenters. The third-order valence-electron chi connectivity index (χ3n) is 2.86. The molecule has 1 nitrogen and oxygen atoms in total. The molecule has 0 spiro atoms. The van der Waals surface area contributed by atoms with Gasteiger partial charge >= 0.3 is 0 Å². The predicted molar refractivity (Wildman–Crippen MR) is 46.8 cm³/mol. The largest absolute Gasteiger partial charge is 0.311 e. The lowest BCUT2D eigenvalue weighted by Gasteiger charge is -2.26. The van der Waals surface area contributed by atoms with E-state index >= 15 is 0 Å². The maximum atomic E-state index is 2.48. The van der Waals surface area contributed by atoms with Gasteiger partial charge in [0.15, 0.2) is 0 Å². The Morgan fingerprint density at radius 2 is 2.44 bits per heavy atom. The topological polar surface area (TPSA) is 0 Å². The highest BCUT2D eigenvalue weighted by Gasteiger charge is 2.62. The first-order valence-electron chi connectivity index (χ1n) is 3.79. The molecule has 2 rings (SSSR count). The van der Waals surface area contributed by atoms with Crippen LogP contribution in [0.4, 0.5) is 0 Å². The number of halogens is 1. The Hall–Kier alpha value is 0.690. The van der Waals surface area contributed by atoms with Gasteiger partial charge < -0.3 is 4.48 Å². The Bertz CT molecular complexity index is 122. The van der Waals surface area contributed by atoms with Gasteiger partial charge in [0.1, 0.15) is 12.6 Å². The number of hydrogen-bond donors (Lipinski definition) is 0. The molecule has 0 amide bonds. The first-order valence-corrected chi connectivity index (χ1v) is 5.32. The van der Waals surface area contributed by atoms with Crippen LogP contribution in [0.25, 0.3) is 0 Å². The fourth-order valence-corrected chi connectivity index (χ4v) is 2.33. The quantitative estimate of drug-likeness (QED) is 0.302. The van der Waals surface area contributed by atoms with E-state index in [4.69, 9.17) is 0 Å². The molecule has 2 fully saturated rings. The Labute approximate surface area is 70.1 Å². The highest BCUT2D eigenvalue weighted by Crippen LogP contribution is 2.43. The predicted octanol–water partition coefficient (Wildman–Crippen LogP) is 1.41. The van der Waals surface area contributed by atoms with Crippen LogP contribution in [0, 0.1) is 0 Å². The van der Waals surface area contributed by atoms with Crippen LogP contribution in [-0.2, 0) is 0 Å². The third-order valence-corrected chi connectivity index (χ3v) is 3.62. The Balaban J connectivity index is 1.75. The number of alkyl halides is 1. The highest BCUT2D eigenvalue weighted by molar-refractivity contribution is 14.1. The second kappa shape index (κ2) is 2.09. The normalized spacial score (nSPS) is 45.7. The van der Waals surface area contributed by atoms with Crippen LogP contribution < -0.4 is 0 Å². The Morgan fingerprint density at radius 3 is 2.78 bits per heavy atom. The molecule has 2 aliphatic heterocycles. The molecule has 0 N–H and O–H groups in total. The molecular formula is C7H13IN+. The molecule has 0 bridgehead atoms. The zero-order chi connectivity index (χ0) is 6.32. The van der Waals surface area contributed by atoms with Gasteiger partial charge in [-0.05, 0) is 0 Å². The van der Waals surface area contributed by atoms with Crippen molar-refractivity contribution in [2.45, 2.75) is 18.9 Å². The minimum atomic E-state index is 1.13. The number of quaternary nitrogens is 1. The molecule has 1 unspecified atom stereocenters. The van der Waals surface area contributed by atoms with Crippen LogP contribution in [0.15, 0.2) is 0 Å². The van der Waals surface area contributed by atoms with Crippen LogP contribution >= 0.6 is 22.6 Å². The molecule has 52 valence electrons. The van der Waals surface area contributed by atoms with Crippen LogP contribution in [0.3, 0.4) is 0 Å². The maximum Gasteiger partial charge on any atom is 0.144 e. The lowest BCUT2D eigenvalue weighted by Crippen LogP contribution is -2.40. The van der Waals surface area contributed by atoms with Crippen molar-refractivity contribution >= 4 is 22.6 Å². The number of nitrogens with zero attached hydrogens (tertiary/aromatic N) is 1. The zero-order valence-corrected chi connectivity index (χ0v) is 7.80. The molecule has 2 heteroatoms. The van der Waals surface area contributed by atoms with Gasteiger partial charge in [0, 0.05) is 10.8 Å². The third kappa shape index (κ3) is 0.909. The van der Waals surface area contributed by atoms with E-state index in [1.807, 2.05) is 0 Å². The van der Waals surface area contributed by atoms with E-state index in [1.54, 1.807) is 0 Å². The minimum absolute atomic E-state index is 1.13. The number of rotatable bonds is 3. The summed E-state index contributed by atoms with van der Waals surface area (Å²) >= 11 is 2.48. The van der Waals surface area contributed by atoms with E-state index in [0.29, 0.717) is 0 Å². The van der Waals surface area contributed by atoms with E-state index in [9.17, 15) is 0 Å². The van der Waals surface area contributed by atoms with Crippen molar-refractivity contribution in [3.8, 4) is 0 Å². The van der Waals surface area contributed by atoms with Crippen LogP contribution in [0.2, 0.25) is 0 Å². The Kier molecular flexibility index (Phi) is 1.49. The summed E-state index contributed by atoms with van der Waals surface area (Å²) in [6.45, 7) is 4.51. The molecule has 0 aliphatic carbocycles. The maximum absolute atomic E-state index is 2.48. The van der Waals surface area contributed by atoms with E-state index < -0.39 is 0 Å². The van der Waals surface area contributed by atoms with Crippen molar-refractivity contribution in [2.24, 2.45) is 0 Å². The summed E-state index contributed by atoms with van der Waals surface area (Å²) in [7, 11) is 0. The highest BCUT2D eigenvalue weighted by atomic mass is 127. The van der Waals surface area contributed by atoms with Crippen LogP contribution in [-0.4, -0.2) is 34.6 Å². The molecular weight excluding hydrogens is 225 g/mol. The molecule has 2 heterocycles. The average Bonchev–Trinajstić information content (AvgIpc) is 2.34. The molecule has 9 heavy (non-hydrogen) atoms. The molecule has 0 radical (unpaired) electrons. The smallest absolute Gasteiger partial charge is 0.144 e.